The predicted molar refractivity (Wildman–Crippen MR) is 68.5 cm³/mol. The molecule has 2 N–H and O–H groups in total. The van der Waals surface area contributed by atoms with Crippen LogP contribution in [0.3, 0.4) is 0 Å². The van der Waals surface area contributed by atoms with Crippen LogP contribution in [0.25, 0.3) is 0 Å². The summed E-state index contributed by atoms with van der Waals surface area (Å²) in [5, 5.41) is 6.77. The summed E-state index contributed by atoms with van der Waals surface area (Å²) in [7, 11) is 1.77. The normalized spacial score (nSPS) is 26.9. The van der Waals surface area contributed by atoms with Crippen LogP contribution in [0.2, 0.25) is 0 Å². The van der Waals surface area contributed by atoms with Crippen LogP contribution in [0.5, 0.6) is 0 Å². The molecule has 2 aliphatic heterocycles. The number of carbonyl (C=O) groups excluding carboxylic acids is 1. The minimum Gasteiger partial charge on any atom is -0.339 e. The smallest absolute Gasteiger partial charge is 0.327 e. The zero-order chi connectivity index (χ0) is 12.0. The minimum absolute atomic E-state index is 0.0336. The van der Waals surface area contributed by atoms with Crippen molar-refractivity contribution in [1.82, 2.24) is 15.5 Å². The van der Waals surface area contributed by atoms with Crippen LogP contribution in [-0.4, -0.2) is 35.4 Å². The molecule has 2 heterocycles. The molecule has 1 aromatic carbocycles. The molecular formula is C11H12N4OS. The molecule has 2 amide bonds. The van der Waals surface area contributed by atoms with E-state index in [1.54, 1.807) is 16.8 Å². The van der Waals surface area contributed by atoms with Crippen molar-refractivity contribution in [3.63, 3.8) is 0 Å². The molecule has 0 unspecified atom stereocenters. The van der Waals surface area contributed by atoms with Crippen molar-refractivity contribution in [1.29, 1.82) is 0 Å². The maximum atomic E-state index is 12.2. The van der Waals surface area contributed by atoms with E-state index in [1.807, 2.05) is 30.3 Å². The first-order valence-corrected chi connectivity index (χ1v) is 5.77. The number of nitrogens with zero attached hydrogens (tertiary/aromatic N) is 2. The van der Waals surface area contributed by atoms with Crippen LogP contribution in [0.1, 0.15) is 0 Å². The molecule has 0 bridgehead atoms. The van der Waals surface area contributed by atoms with Gasteiger partial charge in [0.2, 0.25) is 0 Å². The second kappa shape index (κ2) is 3.59. The molecule has 0 spiro atoms. The SMILES string of the molecule is CN1C(=O)N(c2ccccc2)[C@@H]2NC(=S)N[C@@H]21. The number of likely N-dealkylation sites (N-methyl/N-ethyl adjacent to an activating group) is 1. The van der Waals surface area contributed by atoms with E-state index in [2.05, 4.69) is 10.6 Å². The topological polar surface area (TPSA) is 47.6 Å². The number of anilines is 1. The highest BCUT2D eigenvalue weighted by Gasteiger charge is 2.48. The number of thiocarbonyl (C=S) groups is 1. The number of carbonyl (C=O) groups is 1. The second-order valence-corrected chi connectivity index (χ2v) is 4.51. The summed E-state index contributed by atoms with van der Waals surface area (Å²) < 4.78 is 0. The van der Waals surface area contributed by atoms with Crippen LogP contribution >= 0.6 is 12.2 Å². The molecule has 0 saturated carbocycles. The van der Waals surface area contributed by atoms with E-state index in [4.69, 9.17) is 12.2 Å². The van der Waals surface area contributed by atoms with Crippen LogP contribution in [-0.2, 0) is 0 Å². The van der Waals surface area contributed by atoms with Crippen molar-refractivity contribution < 1.29 is 4.79 Å². The van der Waals surface area contributed by atoms with Gasteiger partial charge in [-0.05, 0) is 24.4 Å². The predicted octanol–water partition coefficient (Wildman–Crippen LogP) is 0.688. The van der Waals surface area contributed by atoms with Gasteiger partial charge >= 0.3 is 6.03 Å². The van der Waals surface area contributed by atoms with E-state index in [1.165, 1.54) is 0 Å². The molecule has 2 fully saturated rings. The Morgan fingerprint density at radius 1 is 1.18 bits per heavy atom. The first kappa shape index (κ1) is 10.3. The number of nitrogens with one attached hydrogen (secondary N) is 2. The van der Waals surface area contributed by atoms with Crippen molar-refractivity contribution in [2.75, 3.05) is 11.9 Å². The summed E-state index contributed by atoms with van der Waals surface area (Å²) in [6.07, 6.45) is -0.238. The molecule has 2 saturated heterocycles. The monoisotopic (exact) mass is 248 g/mol. The minimum atomic E-state index is -0.137. The Morgan fingerprint density at radius 3 is 2.53 bits per heavy atom. The van der Waals surface area contributed by atoms with Gasteiger partial charge in [-0.3, -0.25) is 4.90 Å². The Balaban J connectivity index is 1.99. The van der Waals surface area contributed by atoms with E-state index in [9.17, 15) is 4.79 Å². The summed E-state index contributed by atoms with van der Waals surface area (Å²) in [5.74, 6) is 0. The van der Waals surface area contributed by atoms with Gasteiger partial charge in [0.1, 0.15) is 12.3 Å². The Labute approximate surface area is 104 Å². The quantitative estimate of drug-likeness (QED) is 0.718. The highest BCUT2D eigenvalue weighted by atomic mass is 32.1. The molecule has 5 nitrogen and oxygen atoms in total. The highest BCUT2D eigenvalue weighted by molar-refractivity contribution is 7.80. The van der Waals surface area contributed by atoms with Crippen molar-refractivity contribution in [2.45, 2.75) is 12.3 Å². The number of hydrogen-bond acceptors (Lipinski definition) is 2. The first-order chi connectivity index (χ1) is 8.18. The molecule has 1 aromatic rings. The van der Waals surface area contributed by atoms with Crippen molar-refractivity contribution in [3.8, 4) is 0 Å². The maximum absolute atomic E-state index is 12.2. The number of amides is 2. The molecule has 6 heteroatoms. The van der Waals surface area contributed by atoms with Gasteiger partial charge < -0.3 is 15.5 Å². The Hall–Kier alpha value is -1.82. The lowest BCUT2D eigenvalue weighted by molar-refractivity contribution is 0.216. The maximum Gasteiger partial charge on any atom is 0.327 e. The van der Waals surface area contributed by atoms with Crippen molar-refractivity contribution in [2.24, 2.45) is 0 Å². The molecule has 2 atom stereocenters. The molecule has 88 valence electrons. The lowest BCUT2D eigenvalue weighted by atomic mass is 10.3. The molecule has 17 heavy (non-hydrogen) atoms. The number of benzene rings is 1. The van der Waals surface area contributed by atoms with Crippen LogP contribution in [0, 0.1) is 0 Å². The average Bonchev–Trinajstić information content (AvgIpc) is 2.80. The summed E-state index contributed by atoms with van der Waals surface area (Å²) in [6.45, 7) is 0. The molecule has 2 aliphatic rings. The number of rotatable bonds is 1. The summed E-state index contributed by atoms with van der Waals surface area (Å²) >= 11 is 5.08. The number of hydrogen-bond donors (Lipinski definition) is 2. The van der Waals surface area contributed by atoms with Gasteiger partial charge in [0.25, 0.3) is 0 Å². The van der Waals surface area contributed by atoms with E-state index in [0.29, 0.717) is 5.11 Å². The fourth-order valence-electron chi connectivity index (χ4n) is 2.25. The fraction of sp³-hybridized carbons (Fsp3) is 0.273. The zero-order valence-electron chi connectivity index (χ0n) is 9.25. The van der Waals surface area contributed by atoms with Crippen LogP contribution in [0.15, 0.2) is 30.3 Å². The Bertz CT molecular complexity index is 478. The fourth-order valence-corrected chi connectivity index (χ4v) is 2.49. The Morgan fingerprint density at radius 2 is 1.82 bits per heavy atom. The third-order valence-corrected chi connectivity index (χ3v) is 3.33. The summed E-state index contributed by atoms with van der Waals surface area (Å²) in [4.78, 5) is 15.5. The van der Waals surface area contributed by atoms with Gasteiger partial charge in [-0.2, -0.15) is 0 Å². The molecule has 0 aromatic heterocycles. The molecular weight excluding hydrogens is 236 g/mol. The molecule has 0 aliphatic carbocycles. The number of urea groups is 1. The Kier molecular flexibility index (Phi) is 2.19. The summed E-state index contributed by atoms with van der Waals surface area (Å²) in [5.41, 5.74) is 0.871. The van der Waals surface area contributed by atoms with Crippen LogP contribution < -0.4 is 15.5 Å². The lowest BCUT2D eigenvalue weighted by Gasteiger charge is -2.21. The largest absolute Gasteiger partial charge is 0.339 e. The second-order valence-electron chi connectivity index (χ2n) is 4.11. The molecule has 0 radical (unpaired) electrons. The molecule has 3 rings (SSSR count). The van der Waals surface area contributed by atoms with E-state index in [-0.39, 0.29) is 18.4 Å². The van der Waals surface area contributed by atoms with Gasteiger partial charge in [0, 0.05) is 12.7 Å². The standard InChI is InChI=1S/C11H12N4OS/c1-14-8-9(13-10(17)12-8)15(11(14)16)7-5-3-2-4-6-7/h2-6,8-9H,1H3,(H2,12,13,17)/t8-,9+/m1/s1. The van der Waals surface area contributed by atoms with Crippen molar-refractivity contribution >= 4 is 29.0 Å². The third kappa shape index (κ3) is 1.44. The lowest BCUT2D eigenvalue weighted by Crippen LogP contribution is -2.43. The first-order valence-electron chi connectivity index (χ1n) is 5.36. The number of para-hydroxylation sites is 1. The number of fused-ring (bicyclic) bond motifs is 1. The van der Waals surface area contributed by atoms with Gasteiger partial charge in [0.15, 0.2) is 5.11 Å². The van der Waals surface area contributed by atoms with Gasteiger partial charge in [0.05, 0.1) is 0 Å². The van der Waals surface area contributed by atoms with Gasteiger partial charge in [-0.25, -0.2) is 4.79 Å². The van der Waals surface area contributed by atoms with Gasteiger partial charge in [-0.15, -0.1) is 0 Å². The highest BCUT2D eigenvalue weighted by Crippen LogP contribution is 2.27. The summed E-state index contributed by atoms with van der Waals surface area (Å²) in [6, 6.07) is 9.55. The van der Waals surface area contributed by atoms with Crippen LogP contribution in [0.4, 0.5) is 10.5 Å². The van der Waals surface area contributed by atoms with Crippen molar-refractivity contribution in [3.05, 3.63) is 30.3 Å². The third-order valence-electron chi connectivity index (χ3n) is 3.09. The van der Waals surface area contributed by atoms with E-state index in [0.717, 1.165) is 5.69 Å². The zero-order valence-corrected chi connectivity index (χ0v) is 10.1. The average molecular weight is 248 g/mol. The van der Waals surface area contributed by atoms with Gasteiger partial charge in [-0.1, -0.05) is 18.2 Å². The van der Waals surface area contributed by atoms with E-state index >= 15 is 0 Å². The van der Waals surface area contributed by atoms with E-state index < -0.39 is 0 Å².